The molecule has 0 unspecified atom stereocenters. The molecule has 1 fully saturated rings. The third-order valence-electron chi connectivity index (χ3n) is 5.49. The fraction of sp³-hybridized carbons (Fsp3) is 0.364. The maximum atomic E-state index is 12.9. The molecule has 32 heavy (non-hydrogen) atoms. The van der Waals surface area contributed by atoms with Crippen molar-refractivity contribution in [2.75, 3.05) is 43.9 Å². The van der Waals surface area contributed by atoms with E-state index in [0.29, 0.717) is 31.1 Å². The summed E-state index contributed by atoms with van der Waals surface area (Å²) in [4.78, 5) is 42.0. The number of anilines is 2. The molecule has 1 aliphatic heterocycles. The Bertz CT molecular complexity index is 1140. The number of benzene rings is 1. The summed E-state index contributed by atoms with van der Waals surface area (Å²) in [6, 6.07) is 6.57. The zero-order valence-electron chi connectivity index (χ0n) is 18.6. The molecule has 3 aromatic rings. The van der Waals surface area contributed by atoms with Gasteiger partial charge in [0.25, 0.3) is 0 Å². The average Bonchev–Trinajstić information content (AvgIpc) is 3.15. The van der Waals surface area contributed by atoms with Crippen LogP contribution in [0.4, 0.5) is 21.1 Å². The van der Waals surface area contributed by atoms with Gasteiger partial charge in [-0.05, 0) is 31.5 Å². The van der Waals surface area contributed by atoms with Crippen LogP contribution in [0.25, 0.3) is 11.0 Å². The first-order valence-electron chi connectivity index (χ1n) is 10.4. The number of aromatic amines is 1. The molecule has 0 saturated carbocycles. The number of hydrogen-bond donors (Lipinski definition) is 2. The van der Waals surface area contributed by atoms with Crippen molar-refractivity contribution < 1.29 is 14.3 Å². The van der Waals surface area contributed by atoms with Crippen LogP contribution in [0.1, 0.15) is 12.5 Å². The second-order valence-corrected chi connectivity index (χ2v) is 8.10. The predicted molar refractivity (Wildman–Crippen MR) is 122 cm³/mol. The van der Waals surface area contributed by atoms with E-state index >= 15 is 0 Å². The topological polar surface area (TPSA) is 107 Å². The molecular weight excluding hydrogens is 410 g/mol. The number of fused-ring (bicyclic) bond motifs is 1. The number of piperazine rings is 1. The van der Waals surface area contributed by atoms with Crippen LogP contribution in [0.2, 0.25) is 0 Å². The van der Waals surface area contributed by atoms with Crippen LogP contribution < -0.4 is 15.0 Å². The van der Waals surface area contributed by atoms with E-state index < -0.39 is 6.09 Å². The molecule has 1 saturated heterocycles. The molecule has 3 amide bonds. The first kappa shape index (κ1) is 21.4. The van der Waals surface area contributed by atoms with E-state index in [9.17, 15) is 9.59 Å². The molecule has 10 heteroatoms. The van der Waals surface area contributed by atoms with Gasteiger partial charge in [0, 0.05) is 57.7 Å². The van der Waals surface area contributed by atoms with Gasteiger partial charge in [-0.1, -0.05) is 6.07 Å². The minimum absolute atomic E-state index is 0.0252. The number of aromatic nitrogens is 3. The summed E-state index contributed by atoms with van der Waals surface area (Å²) in [5.41, 5.74) is 2.47. The Morgan fingerprint density at radius 3 is 2.81 bits per heavy atom. The van der Waals surface area contributed by atoms with E-state index in [0.717, 1.165) is 22.4 Å². The number of H-pyrrole nitrogens is 1. The normalized spacial score (nSPS) is 16.2. The summed E-state index contributed by atoms with van der Waals surface area (Å²) >= 11 is 0. The maximum Gasteiger partial charge on any atom is 0.414 e. The number of carbonyl (C=O) groups excluding carboxylic acids is 2. The van der Waals surface area contributed by atoms with Crippen LogP contribution in [0, 0.1) is 6.92 Å². The van der Waals surface area contributed by atoms with Gasteiger partial charge in [-0.2, -0.15) is 0 Å². The Morgan fingerprint density at radius 1 is 1.25 bits per heavy atom. The van der Waals surface area contributed by atoms with E-state index in [4.69, 9.17) is 4.74 Å². The van der Waals surface area contributed by atoms with Crippen molar-refractivity contribution in [3.8, 4) is 5.75 Å². The highest BCUT2D eigenvalue weighted by Gasteiger charge is 2.29. The number of hydrogen-bond acceptors (Lipinski definition) is 6. The second-order valence-electron chi connectivity index (χ2n) is 8.10. The summed E-state index contributed by atoms with van der Waals surface area (Å²) in [7, 11) is 3.22. The fourth-order valence-electron chi connectivity index (χ4n) is 3.81. The molecule has 4 rings (SSSR count). The lowest BCUT2D eigenvalue weighted by Crippen LogP contribution is -2.55. The lowest BCUT2D eigenvalue weighted by Gasteiger charge is -2.40. The highest BCUT2D eigenvalue weighted by molar-refractivity contribution is 5.92. The van der Waals surface area contributed by atoms with E-state index in [1.807, 2.05) is 20.0 Å². The number of aryl methyl sites for hydroxylation is 1. The molecule has 0 spiro atoms. The Labute approximate surface area is 186 Å². The van der Waals surface area contributed by atoms with Crippen molar-refractivity contribution in [2.24, 2.45) is 0 Å². The van der Waals surface area contributed by atoms with Crippen LogP contribution in [0.3, 0.4) is 0 Å². The van der Waals surface area contributed by atoms with Crippen molar-refractivity contribution in [3.05, 3.63) is 42.4 Å². The van der Waals surface area contributed by atoms with Crippen LogP contribution in [0.5, 0.6) is 5.75 Å². The molecule has 2 N–H and O–H groups in total. The monoisotopic (exact) mass is 437 g/mol. The van der Waals surface area contributed by atoms with Gasteiger partial charge in [0.1, 0.15) is 23.5 Å². The molecule has 2 aromatic heterocycles. The minimum atomic E-state index is -0.477. The number of urea groups is 1. The Kier molecular flexibility index (Phi) is 5.85. The summed E-state index contributed by atoms with van der Waals surface area (Å²) in [6.45, 7) is 5.92. The lowest BCUT2D eigenvalue weighted by molar-refractivity contribution is 0.172. The Morgan fingerprint density at radius 2 is 2.06 bits per heavy atom. The van der Waals surface area contributed by atoms with Crippen molar-refractivity contribution >= 4 is 34.7 Å². The van der Waals surface area contributed by atoms with Gasteiger partial charge in [-0.15, -0.1) is 0 Å². The molecule has 1 aliphatic rings. The van der Waals surface area contributed by atoms with Crippen LogP contribution >= 0.6 is 0 Å². The Hall–Kier alpha value is -3.82. The highest BCUT2D eigenvalue weighted by Crippen LogP contribution is 2.28. The number of ether oxygens (including phenoxy) is 1. The Balaban J connectivity index is 1.42. The molecule has 10 nitrogen and oxygen atoms in total. The van der Waals surface area contributed by atoms with Crippen molar-refractivity contribution in [1.82, 2.24) is 24.8 Å². The van der Waals surface area contributed by atoms with Crippen molar-refractivity contribution in [3.63, 3.8) is 0 Å². The maximum absolute atomic E-state index is 12.9. The highest BCUT2D eigenvalue weighted by atomic mass is 16.6. The second kappa shape index (κ2) is 8.74. The first-order chi connectivity index (χ1) is 15.3. The number of amides is 3. The average molecular weight is 438 g/mol. The molecule has 168 valence electrons. The van der Waals surface area contributed by atoms with E-state index in [1.54, 1.807) is 49.6 Å². The standard InChI is InChI=1S/C22H27N7O3/c1-14-11-23-19-18(14)20(25-13-24-19)28-8-9-29(15(2)12-28)21(30)26-16-6-5-7-17(10-16)32-22(31)27(3)4/h5-7,10-11,13,15H,8-9,12H2,1-4H3,(H,26,30)(H,23,24,25)/t15-/m0/s1. The summed E-state index contributed by atoms with van der Waals surface area (Å²) in [6.07, 6.45) is 3.02. The van der Waals surface area contributed by atoms with Crippen LogP contribution in [-0.4, -0.2) is 76.6 Å². The summed E-state index contributed by atoms with van der Waals surface area (Å²) in [5, 5.41) is 3.92. The molecule has 0 bridgehead atoms. The van der Waals surface area contributed by atoms with Crippen molar-refractivity contribution in [2.45, 2.75) is 19.9 Å². The molecule has 1 aromatic carbocycles. The molecular formula is C22H27N7O3. The minimum Gasteiger partial charge on any atom is -0.410 e. The van der Waals surface area contributed by atoms with E-state index in [-0.39, 0.29) is 12.1 Å². The molecule has 3 heterocycles. The fourth-order valence-corrected chi connectivity index (χ4v) is 3.81. The third-order valence-corrected chi connectivity index (χ3v) is 5.49. The first-order valence-corrected chi connectivity index (χ1v) is 10.4. The lowest BCUT2D eigenvalue weighted by atomic mass is 10.1. The van der Waals surface area contributed by atoms with Gasteiger partial charge < -0.3 is 29.7 Å². The molecule has 0 aliphatic carbocycles. The zero-order valence-corrected chi connectivity index (χ0v) is 18.6. The zero-order chi connectivity index (χ0) is 22.8. The van der Waals surface area contributed by atoms with Gasteiger partial charge in [-0.25, -0.2) is 19.6 Å². The van der Waals surface area contributed by atoms with Gasteiger partial charge in [-0.3, -0.25) is 0 Å². The quantitative estimate of drug-likeness (QED) is 0.652. The predicted octanol–water partition coefficient (Wildman–Crippen LogP) is 3.07. The van der Waals surface area contributed by atoms with E-state index in [1.165, 1.54) is 4.90 Å². The number of rotatable bonds is 3. The SMILES string of the molecule is Cc1c[nH]c2ncnc(N3CCN(C(=O)Nc4cccc(OC(=O)N(C)C)c4)[C@@H](C)C3)c12. The molecule has 0 radical (unpaired) electrons. The van der Waals surface area contributed by atoms with E-state index in [2.05, 4.69) is 25.2 Å². The largest absolute Gasteiger partial charge is 0.414 e. The van der Waals surface area contributed by atoms with Crippen LogP contribution in [0.15, 0.2) is 36.8 Å². The summed E-state index contributed by atoms with van der Waals surface area (Å²) < 4.78 is 5.27. The number of nitrogens with one attached hydrogen (secondary N) is 2. The molecule has 1 atom stereocenters. The number of carbonyl (C=O) groups is 2. The number of nitrogens with zero attached hydrogens (tertiary/aromatic N) is 5. The third kappa shape index (κ3) is 4.29. The van der Waals surface area contributed by atoms with Gasteiger partial charge >= 0.3 is 12.1 Å². The van der Waals surface area contributed by atoms with Gasteiger partial charge in [0.2, 0.25) is 0 Å². The van der Waals surface area contributed by atoms with Gasteiger partial charge in [0.05, 0.1) is 5.39 Å². The van der Waals surface area contributed by atoms with Crippen molar-refractivity contribution in [1.29, 1.82) is 0 Å². The summed E-state index contributed by atoms with van der Waals surface area (Å²) in [5.74, 6) is 1.25. The smallest absolute Gasteiger partial charge is 0.410 e. The van der Waals surface area contributed by atoms with Gasteiger partial charge in [0.15, 0.2) is 0 Å². The van der Waals surface area contributed by atoms with Crippen LogP contribution in [-0.2, 0) is 0 Å².